The van der Waals surface area contributed by atoms with Crippen LogP contribution in [-0.2, 0) is 10.0 Å². The summed E-state index contributed by atoms with van der Waals surface area (Å²) in [6.45, 7) is 3.31. The van der Waals surface area contributed by atoms with Crippen molar-refractivity contribution in [2.24, 2.45) is 0 Å². The Morgan fingerprint density at radius 2 is 2.00 bits per heavy atom. The average molecular weight is 367 g/mol. The maximum Gasteiger partial charge on any atom is 0.264 e. The molecule has 0 spiro atoms. The quantitative estimate of drug-likeness (QED) is 0.816. The summed E-state index contributed by atoms with van der Waals surface area (Å²) < 4.78 is 25.8. The van der Waals surface area contributed by atoms with E-state index in [4.69, 9.17) is 0 Å². The SMILES string of the molecule is CCS(=O)(=O)N1CCN(C(=O)c2cc(Br)cs2)CC1. The van der Waals surface area contributed by atoms with Gasteiger partial charge in [0.1, 0.15) is 0 Å². The van der Waals surface area contributed by atoms with Crippen LogP contribution < -0.4 is 0 Å². The molecule has 1 aromatic rings. The standard InChI is InChI=1S/C11H15BrN2O3S2/c1-2-19(16,17)14-5-3-13(4-6-14)11(15)10-7-9(12)8-18-10/h7-8H,2-6H2,1H3. The molecule has 1 amide bonds. The van der Waals surface area contributed by atoms with Crippen LogP contribution in [0.25, 0.3) is 0 Å². The van der Waals surface area contributed by atoms with Gasteiger partial charge in [-0.3, -0.25) is 4.79 Å². The number of amides is 1. The van der Waals surface area contributed by atoms with Gasteiger partial charge in [-0.15, -0.1) is 11.3 Å². The van der Waals surface area contributed by atoms with E-state index in [2.05, 4.69) is 15.9 Å². The molecule has 106 valence electrons. The zero-order chi connectivity index (χ0) is 14.0. The molecule has 1 saturated heterocycles. The average Bonchev–Trinajstić information content (AvgIpc) is 2.85. The van der Waals surface area contributed by atoms with Crippen molar-refractivity contribution in [2.75, 3.05) is 31.9 Å². The third kappa shape index (κ3) is 3.36. The number of thiophene rings is 1. The maximum atomic E-state index is 12.2. The number of carbonyl (C=O) groups is 1. The highest BCUT2D eigenvalue weighted by Crippen LogP contribution is 2.22. The van der Waals surface area contributed by atoms with E-state index in [0.29, 0.717) is 31.1 Å². The normalized spacial score (nSPS) is 17.7. The summed E-state index contributed by atoms with van der Waals surface area (Å²) in [5, 5.41) is 1.87. The van der Waals surface area contributed by atoms with Crippen LogP contribution in [-0.4, -0.2) is 55.5 Å². The van der Waals surface area contributed by atoms with Crippen molar-refractivity contribution in [1.82, 2.24) is 9.21 Å². The van der Waals surface area contributed by atoms with Gasteiger partial charge in [-0.25, -0.2) is 8.42 Å². The first kappa shape index (κ1) is 15.0. The summed E-state index contributed by atoms with van der Waals surface area (Å²) in [7, 11) is -3.14. The van der Waals surface area contributed by atoms with Crippen molar-refractivity contribution in [3.8, 4) is 0 Å². The molecule has 0 N–H and O–H groups in total. The van der Waals surface area contributed by atoms with Gasteiger partial charge in [-0.05, 0) is 28.9 Å². The van der Waals surface area contributed by atoms with E-state index in [-0.39, 0.29) is 11.7 Å². The molecular formula is C11H15BrN2O3S2. The van der Waals surface area contributed by atoms with Gasteiger partial charge in [0.2, 0.25) is 10.0 Å². The molecule has 0 atom stereocenters. The van der Waals surface area contributed by atoms with Crippen LogP contribution >= 0.6 is 27.3 Å². The molecule has 0 bridgehead atoms. The van der Waals surface area contributed by atoms with Crippen molar-refractivity contribution >= 4 is 43.2 Å². The molecule has 0 saturated carbocycles. The molecule has 5 nitrogen and oxygen atoms in total. The lowest BCUT2D eigenvalue weighted by molar-refractivity contribution is 0.0703. The number of carbonyl (C=O) groups excluding carboxylic acids is 1. The van der Waals surface area contributed by atoms with E-state index in [1.807, 2.05) is 5.38 Å². The van der Waals surface area contributed by atoms with E-state index in [1.54, 1.807) is 17.9 Å². The van der Waals surface area contributed by atoms with Crippen LogP contribution in [0.5, 0.6) is 0 Å². The number of sulfonamides is 1. The summed E-state index contributed by atoms with van der Waals surface area (Å²) in [6, 6.07) is 1.79. The minimum Gasteiger partial charge on any atom is -0.335 e. The summed E-state index contributed by atoms with van der Waals surface area (Å²) in [5.74, 6) is 0.0861. The minimum atomic E-state index is -3.14. The summed E-state index contributed by atoms with van der Waals surface area (Å²) >= 11 is 4.71. The Kier molecular flexibility index (Phi) is 4.65. The van der Waals surface area contributed by atoms with Gasteiger partial charge >= 0.3 is 0 Å². The van der Waals surface area contributed by atoms with Crippen molar-refractivity contribution in [1.29, 1.82) is 0 Å². The summed E-state index contributed by atoms with van der Waals surface area (Å²) in [6.07, 6.45) is 0. The van der Waals surface area contributed by atoms with Gasteiger partial charge in [-0.1, -0.05) is 0 Å². The van der Waals surface area contributed by atoms with E-state index >= 15 is 0 Å². The van der Waals surface area contributed by atoms with Gasteiger partial charge in [-0.2, -0.15) is 4.31 Å². The molecule has 0 radical (unpaired) electrons. The third-order valence-corrected chi connectivity index (χ3v) is 6.62. The zero-order valence-electron chi connectivity index (χ0n) is 10.5. The number of halogens is 1. The Labute approximate surface area is 125 Å². The summed E-state index contributed by atoms with van der Waals surface area (Å²) in [4.78, 5) is 14.6. The fourth-order valence-corrected chi connectivity index (χ4v) is 4.41. The number of rotatable bonds is 3. The lowest BCUT2D eigenvalue weighted by atomic mass is 10.3. The Morgan fingerprint density at radius 3 is 2.47 bits per heavy atom. The zero-order valence-corrected chi connectivity index (χ0v) is 13.7. The van der Waals surface area contributed by atoms with Crippen molar-refractivity contribution in [3.05, 3.63) is 20.8 Å². The van der Waals surface area contributed by atoms with Gasteiger partial charge < -0.3 is 4.90 Å². The first-order chi connectivity index (χ1) is 8.94. The van der Waals surface area contributed by atoms with E-state index in [1.165, 1.54) is 15.6 Å². The monoisotopic (exact) mass is 366 g/mol. The lowest BCUT2D eigenvalue weighted by Crippen LogP contribution is -2.50. The molecule has 1 aliphatic heterocycles. The molecule has 1 aromatic heterocycles. The van der Waals surface area contributed by atoms with Crippen LogP contribution in [0.4, 0.5) is 0 Å². The van der Waals surface area contributed by atoms with Crippen molar-refractivity contribution < 1.29 is 13.2 Å². The van der Waals surface area contributed by atoms with Gasteiger partial charge in [0.25, 0.3) is 5.91 Å². The van der Waals surface area contributed by atoms with Crippen molar-refractivity contribution in [3.63, 3.8) is 0 Å². The predicted molar refractivity (Wildman–Crippen MR) is 79.0 cm³/mol. The predicted octanol–water partition coefficient (Wildman–Crippen LogP) is 1.62. The van der Waals surface area contributed by atoms with Gasteiger partial charge in [0, 0.05) is 36.0 Å². The number of nitrogens with zero attached hydrogens (tertiary/aromatic N) is 2. The molecule has 0 unspecified atom stereocenters. The second-order valence-corrected chi connectivity index (χ2v) is 8.31. The number of piperazine rings is 1. The molecule has 1 aliphatic rings. The van der Waals surface area contributed by atoms with Crippen molar-refractivity contribution in [2.45, 2.75) is 6.92 Å². The second-order valence-electron chi connectivity index (χ2n) is 4.22. The molecular weight excluding hydrogens is 352 g/mol. The Balaban J connectivity index is 1.99. The van der Waals surface area contributed by atoms with Crippen LogP contribution in [0.1, 0.15) is 16.6 Å². The van der Waals surface area contributed by atoms with Crippen LogP contribution in [0.3, 0.4) is 0 Å². The molecule has 2 rings (SSSR count). The highest BCUT2D eigenvalue weighted by Gasteiger charge is 2.28. The number of hydrogen-bond donors (Lipinski definition) is 0. The lowest BCUT2D eigenvalue weighted by Gasteiger charge is -2.33. The second kappa shape index (κ2) is 5.90. The van der Waals surface area contributed by atoms with E-state index in [0.717, 1.165) is 4.47 Å². The highest BCUT2D eigenvalue weighted by molar-refractivity contribution is 9.10. The Hall–Kier alpha value is -0.440. The van der Waals surface area contributed by atoms with Crippen LogP contribution in [0.2, 0.25) is 0 Å². The molecule has 19 heavy (non-hydrogen) atoms. The van der Waals surface area contributed by atoms with E-state index in [9.17, 15) is 13.2 Å². The number of hydrogen-bond acceptors (Lipinski definition) is 4. The largest absolute Gasteiger partial charge is 0.335 e. The molecule has 0 aliphatic carbocycles. The Bertz CT molecular complexity index is 562. The van der Waals surface area contributed by atoms with Crippen LogP contribution in [0.15, 0.2) is 15.9 Å². The Morgan fingerprint density at radius 1 is 1.37 bits per heavy atom. The molecule has 0 aromatic carbocycles. The third-order valence-electron chi connectivity index (χ3n) is 3.06. The van der Waals surface area contributed by atoms with E-state index < -0.39 is 10.0 Å². The fourth-order valence-electron chi connectivity index (χ4n) is 1.93. The summed E-state index contributed by atoms with van der Waals surface area (Å²) in [5.41, 5.74) is 0. The topological polar surface area (TPSA) is 57.7 Å². The first-order valence-corrected chi connectivity index (χ1v) is 9.23. The van der Waals surface area contributed by atoms with Crippen LogP contribution in [0, 0.1) is 0 Å². The smallest absolute Gasteiger partial charge is 0.264 e. The maximum absolute atomic E-state index is 12.2. The first-order valence-electron chi connectivity index (χ1n) is 5.95. The molecule has 8 heteroatoms. The minimum absolute atomic E-state index is 0.0238. The molecule has 1 fully saturated rings. The van der Waals surface area contributed by atoms with Gasteiger partial charge in [0.05, 0.1) is 10.6 Å². The molecule has 2 heterocycles. The fraction of sp³-hybridized carbons (Fsp3) is 0.545. The highest BCUT2D eigenvalue weighted by atomic mass is 79.9. The van der Waals surface area contributed by atoms with Gasteiger partial charge in [0.15, 0.2) is 0 Å².